The minimum absolute atomic E-state index is 0.317. The summed E-state index contributed by atoms with van der Waals surface area (Å²) in [5.74, 6) is 1.17. The molecule has 2 heterocycles. The highest BCUT2D eigenvalue weighted by Gasteiger charge is 2.11. The lowest BCUT2D eigenvalue weighted by Crippen LogP contribution is -2.13. The molecule has 0 bridgehead atoms. The van der Waals surface area contributed by atoms with E-state index >= 15 is 0 Å². The summed E-state index contributed by atoms with van der Waals surface area (Å²) in [7, 11) is 3.05. The Hall–Kier alpha value is -3.42. The monoisotopic (exact) mass is 325 g/mol. The van der Waals surface area contributed by atoms with Crippen molar-refractivity contribution in [1.29, 1.82) is 0 Å². The number of nitrogens with one attached hydrogen (secondary N) is 1. The maximum atomic E-state index is 12.4. The summed E-state index contributed by atoms with van der Waals surface area (Å²) in [6.07, 6.45) is 6.39. The number of amides is 1. The molecule has 1 amide bonds. The number of methoxy groups -OCH3 is 2. The average molecular weight is 325 g/mol. The van der Waals surface area contributed by atoms with E-state index in [0.717, 1.165) is 0 Å². The van der Waals surface area contributed by atoms with Crippen LogP contribution in [0, 0.1) is 0 Å². The molecule has 1 N–H and O–H groups in total. The first-order valence-corrected chi connectivity index (χ1v) is 7.06. The Morgan fingerprint density at radius 3 is 2.29 bits per heavy atom. The van der Waals surface area contributed by atoms with E-state index in [1.165, 1.54) is 31.3 Å². The molecule has 0 spiro atoms. The molecule has 8 heteroatoms. The van der Waals surface area contributed by atoms with Crippen LogP contribution in [0.25, 0.3) is 5.95 Å². The number of ether oxygens (including phenoxy) is 2. The number of anilines is 1. The van der Waals surface area contributed by atoms with E-state index in [-0.39, 0.29) is 5.91 Å². The number of carbonyl (C=O) groups is 1. The van der Waals surface area contributed by atoms with Crippen molar-refractivity contribution in [3.8, 4) is 17.4 Å². The third-order valence-corrected chi connectivity index (χ3v) is 3.22. The van der Waals surface area contributed by atoms with Crippen LogP contribution in [0.1, 0.15) is 10.4 Å². The van der Waals surface area contributed by atoms with Crippen molar-refractivity contribution in [2.45, 2.75) is 0 Å². The van der Waals surface area contributed by atoms with Gasteiger partial charge in [0.1, 0.15) is 11.5 Å². The first kappa shape index (κ1) is 15.5. The lowest BCUT2D eigenvalue weighted by molar-refractivity contribution is 0.102. The van der Waals surface area contributed by atoms with Crippen molar-refractivity contribution < 1.29 is 14.3 Å². The summed E-state index contributed by atoms with van der Waals surface area (Å²) in [5.41, 5.74) is 0.875. The van der Waals surface area contributed by atoms with Gasteiger partial charge in [-0.05, 0) is 18.2 Å². The molecule has 0 aliphatic carbocycles. The molecule has 3 aromatic rings. The highest BCUT2D eigenvalue weighted by Crippen LogP contribution is 2.23. The maximum absolute atomic E-state index is 12.4. The van der Waals surface area contributed by atoms with Crippen LogP contribution in [0.2, 0.25) is 0 Å². The highest BCUT2D eigenvalue weighted by atomic mass is 16.5. The molecule has 0 aliphatic rings. The number of nitrogens with zero attached hydrogens (tertiary/aromatic N) is 4. The van der Waals surface area contributed by atoms with Crippen LogP contribution in [-0.2, 0) is 0 Å². The summed E-state index contributed by atoms with van der Waals surface area (Å²) in [4.78, 5) is 20.7. The summed E-state index contributed by atoms with van der Waals surface area (Å²) >= 11 is 0. The lowest BCUT2D eigenvalue weighted by Gasteiger charge is -2.09. The zero-order valence-corrected chi connectivity index (χ0v) is 13.1. The van der Waals surface area contributed by atoms with Gasteiger partial charge in [0.2, 0.25) is 0 Å². The van der Waals surface area contributed by atoms with Gasteiger partial charge in [-0.15, -0.1) is 0 Å². The van der Waals surface area contributed by atoms with Gasteiger partial charge in [0, 0.05) is 24.0 Å². The zero-order chi connectivity index (χ0) is 16.9. The highest BCUT2D eigenvalue weighted by molar-refractivity contribution is 6.04. The second-order valence-corrected chi connectivity index (χ2v) is 4.78. The second kappa shape index (κ2) is 6.78. The first-order valence-electron chi connectivity index (χ1n) is 7.06. The van der Waals surface area contributed by atoms with E-state index in [9.17, 15) is 4.79 Å². The van der Waals surface area contributed by atoms with Gasteiger partial charge in [-0.2, -0.15) is 5.10 Å². The van der Waals surface area contributed by atoms with Gasteiger partial charge >= 0.3 is 0 Å². The summed E-state index contributed by atoms with van der Waals surface area (Å²) in [5, 5.41) is 6.77. The van der Waals surface area contributed by atoms with Crippen LogP contribution < -0.4 is 14.8 Å². The van der Waals surface area contributed by atoms with Crippen LogP contribution in [0.15, 0.2) is 49.1 Å². The van der Waals surface area contributed by atoms with Crippen molar-refractivity contribution in [3.63, 3.8) is 0 Å². The van der Waals surface area contributed by atoms with Crippen molar-refractivity contribution in [2.75, 3.05) is 19.5 Å². The van der Waals surface area contributed by atoms with E-state index < -0.39 is 0 Å². The fourth-order valence-corrected chi connectivity index (χ4v) is 2.03. The van der Waals surface area contributed by atoms with Crippen LogP contribution in [0.3, 0.4) is 0 Å². The number of rotatable bonds is 5. The Kier molecular flexibility index (Phi) is 4.37. The third-order valence-electron chi connectivity index (χ3n) is 3.22. The smallest absolute Gasteiger partial charge is 0.256 e. The average Bonchev–Trinajstić information content (AvgIpc) is 3.16. The largest absolute Gasteiger partial charge is 0.497 e. The molecule has 2 aromatic heterocycles. The molecule has 0 saturated carbocycles. The second-order valence-electron chi connectivity index (χ2n) is 4.78. The predicted molar refractivity (Wildman–Crippen MR) is 86.7 cm³/mol. The minimum atomic E-state index is -0.317. The van der Waals surface area contributed by atoms with Crippen LogP contribution in [0.4, 0.5) is 5.69 Å². The molecule has 24 heavy (non-hydrogen) atoms. The summed E-state index contributed by atoms with van der Waals surface area (Å²) in [6.45, 7) is 0. The zero-order valence-electron chi connectivity index (χ0n) is 13.1. The van der Waals surface area contributed by atoms with E-state index in [0.29, 0.717) is 28.7 Å². The van der Waals surface area contributed by atoms with Crippen LogP contribution in [0.5, 0.6) is 11.5 Å². The first-order chi connectivity index (χ1) is 11.7. The Morgan fingerprint density at radius 1 is 1.08 bits per heavy atom. The molecular formula is C16H15N5O3. The van der Waals surface area contributed by atoms with Crippen molar-refractivity contribution in [1.82, 2.24) is 19.7 Å². The van der Waals surface area contributed by atoms with E-state index in [1.807, 2.05) is 0 Å². The normalized spacial score (nSPS) is 10.2. The Morgan fingerprint density at radius 2 is 1.75 bits per heavy atom. The van der Waals surface area contributed by atoms with Gasteiger partial charge in [-0.1, -0.05) is 0 Å². The van der Waals surface area contributed by atoms with Gasteiger partial charge in [0.05, 0.1) is 32.3 Å². The van der Waals surface area contributed by atoms with E-state index in [1.54, 1.807) is 36.7 Å². The molecule has 122 valence electrons. The molecule has 0 atom stereocenters. The minimum Gasteiger partial charge on any atom is -0.497 e. The molecule has 1 aromatic carbocycles. The standard InChI is InChI=1S/C16H15N5O3/c1-23-13-6-11(7-14(8-13)24-2)15(22)20-12-9-17-16(18-10-12)21-5-3-4-19-21/h3-10H,1-2H3,(H,20,22). The number of hydrogen-bond acceptors (Lipinski definition) is 6. The fraction of sp³-hybridized carbons (Fsp3) is 0.125. The Labute approximate surface area is 138 Å². The number of aromatic nitrogens is 4. The van der Waals surface area contributed by atoms with Crippen LogP contribution in [-0.4, -0.2) is 39.9 Å². The molecule has 3 rings (SSSR count). The molecule has 0 unspecified atom stereocenters. The topological polar surface area (TPSA) is 91.2 Å². The molecule has 8 nitrogen and oxygen atoms in total. The number of carbonyl (C=O) groups excluding carboxylic acids is 1. The number of benzene rings is 1. The van der Waals surface area contributed by atoms with Gasteiger partial charge in [-0.25, -0.2) is 14.6 Å². The van der Waals surface area contributed by atoms with E-state index in [4.69, 9.17) is 9.47 Å². The van der Waals surface area contributed by atoms with Gasteiger partial charge in [0.25, 0.3) is 11.9 Å². The quantitative estimate of drug-likeness (QED) is 0.771. The Balaban J connectivity index is 1.77. The molecule has 0 fully saturated rings. The van der Waals surface area contributed by atoms with Crippen molar-refractivity contribution >= 4 is 11.6 Å². The number of hydrogen-bond donors (Lipinski definition) is 1. The van der Waals surface area contributed by atoms with Crippen LogP contribution >= 0.6 is 0 Å². The molecule has 0 aliphatic heterocycles. The maximum Gasteiger partial charge on any atom is 0.256 e. The summed E-state index contributed by atoms with van der Waals surface area (Å²) in [6, 6.07) is 6.71. The van der Waals surface area contributed by atoms with E-state index in [2.05, 4.69) is 20.4 Å². The third kappa shape index (κ3) is 3.32. The Bertz CT molecular complexity index is 809. The van der Waals surface area contributed by atoms with Gasteiger partial charge in [0.15, 0.2) is 0 Å². The SMILES string of the molecule is COc1cc(OC)cc(C(=O)Nc2cnc(-n3cccn3)nc2)c1. The molecule has 0 radical (unpaired) electrons. The summed E-state index contributed by atoms with van der Waals surface area (Å²) < 4.78 is 11.8. The molecular weight excluding hydrogens is 310 g/mol. The van der Waals surface area contributed by atoms with Crippen molar-refractivity contribution in [3.05, 3.63) is 54.6 Å². The molecule has 0 saturated heterocycles. The van der Waals surface area contributed by atoms with Crippen molar-refractivity contribution in [2.24, 2.45) is 0 Å². The van der Waals surface area contributed by atoms with Gasteiger partial charge < -0.3 is 14.8 Å². The predicted octanol–water partition coefficient (Wildman–Crippen LogP) is 1.93. The lowest BCUT2D eigenvalue weighted by atomic mass is 10.2. The van der Waals surface area contributed by atoms with Gasteiger partial charge in [-0.3, -0.25) is 4.79 Å². The fourth-order valence-electron chi connectivity index (χ4n) is 2.03.